The van der Waals surface area contributed by atoms with Crippen molar-refractivity contribution in [3.63, 3.8) is 0 Å². The van der Waals surface area contributed by atoms with Crippen LogP contribution in [0.4, 0.5) is 43.9 Å². The molecule has 0 aliphatic rings. The molecule has 1 N–H and O–H groups in total. The Bertz CT molecular complexity index is 475. The number of halogens is 10. The number of aliphatic carboxylic acids is 1. The van der Waals surface area contributed by atoms with E-state index in [0.717, 1.165) is 6.92 Å². The molecule has 0 aliphatic carbocycles. The molecule has 26 heavy (non-hydrogen) atoms. The summed E-state index contributed by atoms with van der Waals surface area (Å²) in [7, 11) is 0. The van der Waals surface area contributed by atoms with Gasteiger partial charge in [0, 0.05) is 12.0 Å². The molecule has 0 saturated carbocycles. The SMILES string of the molecule is CC(=CCC(F)C(F)C(F)C(F)C(F)C(F)C(F)C(F)C(F)F)C(=O)O. The third kappa shape index (κ3) is 6.67. The summed E-state index contributed by atoms with van der Waals surface area (Å²) in [4.78, 5) is 10.4. The average Bonchev–Trinajstić information content (AvgIpc) is 2.60. The first-order chi connectivity index (χ1) is 11.8. The number of carbonyl (C=O) groups is 1. The molecule has 0 spiro atoms. The Morgan fingerprint density at radius 3 is 1.42 bits per heavy atom. The van der Waals surface area contributed by atoms with Crippen molar-refractivity contribution in [3.8, 4) is 0 Å². The molecule has 0 aromatic heterocycles. The summed E-state index contributed by atoms with van der Waals surface area (Å²) in [5, 5.41) is 8.47. The summed E-state index contributed by atoms with van der Waals surface area (Å²) in [6.45, 7) is 0.982. The molecule has 154 valence electrons. The van der Waals surface area contributed by atoms with Gasteiger partial charge in [-0.3, -0.25) is 0 Å². The number of carboxylic acid groups (broad SMARTS) is 1. The van der Waals surface area contributed by atoms with Gasteiger partial charge in [-0.05, 0) is 6.92 Å². The molecule has 0 aromatic rings. The highest BCUT2D eigenvalue weighted by Gasteiger charge is 2.48. The third-order valence-corrected chi connectivity index (χ3v) is 3.40. The number of alkyl halides is 10. The number of carboxylic acids is 1. The van der Waals surface area contributed by atoms with Gasteiger partial charge in [0.05, 0.1) is 0 Å². The molecule has 0 fully saturated rings. The van der Waals surface area contributed by atoms with E-state index in [9.17, 15) is 48.7 Å². The van der Waals surface area contributed by atoms with Gasteiger partial charge in [0.25, 0.3) is 6.43 Å². The molecule has 0 heterocycles. The number of rotatable bonds is 11. The zero-order chi connectivity index (χ0) is 20.8. The fourth-order valence-corrected chi connectivity index (χ4v) is 1.72. The van der Waals surface area contributed by atoms with E-state index >= 15 is 0 Å². The predicted octanol–water partition coefficient (Wildman–Crippen LogP) is 4.38. The van der Waals surface area contributed by atoms with Gasteiger partial charge in [-0.2, -0.15) is 0 Å². The van der Waals surface area contributed by atoms with Gasteiger partial charge in [0.15, 0.2) is 43.2 Å². The Morgan fingerprint density at radius 1 is 0.731 bits per heavy atom. The molecule has 8 atom stereocenters. The van der Waals surface area contributed by atoms with Gasteiger partial charge in [-0.1, -0.05) is 6.08 Å². The molecule has 0 aliphatic heterocycles. The first-order valence-corrected chi connectivity index (χ1v) is 7.13. The highest BCUT2D eigenvalue weighted by Crippen LogP contribution is 2.29. The summed E-state index contributed by atoms with van der Waals surface area (Å²) in [5.74, 6) is -1.51. The van der Waals surface area contributed by atoms with Crippen LogP contribution in [0.3, 0.4) is 0 Å². The largest absolute Gasteiger partial charge is 0.478 e. The summed E-state index contributed by atoms with van der Waals surface area (Å²) in [5.41, 5.74) is -0.458. The van der Waals surface area contributed by atoms with Gasteiger partial charge < -0.3 is 5.11 Å². The monoisotopic (exact) mass is 406 g/mol. The maximum atomic E-state index is 13.5. The second-order valence-corrected chi connectivity index (χ2v) is 5.39. The average molecular weight is 406 g/mol. The molecule has 0 bridgehead atoms. The zero-order valence-electron chi connectivity index (χ0n) is 13.1. The van der Waals surface area contributed by atoms with Crippen LogP contribution in [0.2, 0.25) is 0 Å². The van der Waals surface area contributed by atoms with Crippen molar-refractivity contribution in [2.24, 2.45) is 0 Å². The number of hydrogen-bond acceptors (Lipinski definition) is 1. The van der Waals surface area contributed by atoms with Crippen molar-refractivity contribution in [2.45, 2.75) is 69.1 Å². The topological polar surface area (TPSA) is 37.3 Å². The first-order valence-electron chi connectivity index (χ1n) is 7.13. The Labute approximate surface area is 141 Å². The number of hydrogen-bond donors (Lipinski definition) is 1. The van der Waals surface area contributed by atoms with Crippen molar-refractivity contribution < 1.29 is 53.8 Å². The van der Waals surface area contributed by atoms with E-state index < -0.39 is 73.8 Å². The molecule has 2 nitrogen and oxygen atoms in total. The van der Waals surface area contributed by atoms with Crippen LogP contribution in [-0.2, 0) is 4.79 Å². The summed E-state index contributed by atoms with van der Waals surface area (Å²) >= 11 is 0. The Balaban J connectivity index is 4.93. The standard InChI is InChI=1S/C14H16F10O2/c1-4(14(25)26)2-3-5(15)6(16)7(17)8(18)9(19)10(20)11(21)12(22)13(23)24/h2,5-13H,3H2,1H3,(H,25,26). The van der Waals surface area contributed by atoms with Crippen LogP contribution < -0.4 is 0 Å². The fourth-order valence-electron chi connectivity index (χ4n) is 1.72. The molecule has 0 radical (unpaired) electrons. The Kier molecular flexibility index (Phi) is 10.0. The second-order valence-electron chi connectivity index (χ2n) is 5.39. The predicted molar refractivity (Wildman–Crippen MR) is 71.2 cm³/mol. The first kappa shape index (κ1) is 24.5. The molecule has 0 rings (SSSR count). The normalized spacial score (nSPS) is 22.2. The van der Waals surface area contributed by atoms with Crippen molar-refractivity contribution in [1.29, 1.82) is 0 Å². The summed E-state index contributed by atoms with van der Waals surface area (Å²) < 4.78 is 130. The van der Waals surface area contributed by atoms with Crippen LogP contribution in [0.1, 0.15) is 13.3 Å². The molecule has 8 unspecified atom stereocenters. The quantitative estimate of drug-likeness (QED) is 0.409. The fraction of sp³-hybridized carbons (Fsp3) is 0.786. The van der Waals surface area contributed by atoms with Crippen molar-refractivity contribution in [1.82, 2.24) is 0 Å². The lowest BCUT2D eigenvalue weighted by atomic mass is 9.97. The lowest BCUT2D eigenvalue weighted by Crippen LogP contribution is -2.47. The lowest BCUT2D eigenvalue weighted by Gasteiger charge is -2.26. The van der Waals surface area contributed by atoms with Crippen LogP contribution in [-0.4, -0.2) is 66.9 Å². The minimum atomic E-state index is -4.07. The van der Waals surface area contributed by atoms with E-state index in [-0.39, 0.29) is 0 Å². The van der Waals surface area contributed by atoms with Gasteiger partial charge >= 0.3 is 5.97 Å². The molecule has 0 amide bonds. The summed E-state index contributed by atoms with van der Waals surface area (Å²) in [6.07, 6.45) is -33.7. The van der Waals surface area contributed by atoms with Gasteiger partial charge in [-0.25, -0.2) is 48.7 Å². The molecular weight excluding hydrogens is 390 g/mol. The van der Waals surface area contributed by atoms with E-state index in [1.807, 2.05) is 0 Å². The third-order valence-electron chi connectivity index (χ3n) is 3.40. The molecule has 12 heteroatoms. The minimum Gasteiger partial charge on any atom is -0.478 e. The minimum absolute atomic E-state index is 0.458. The number of allylic oxidation sites excluding steroid dienone is 1. The highest BCUT2D eigenvalue weighted by atomic mass is 19.3. The van der Waals surface area contributed by atoms with Crippen molar-refractivity contribution >= 4 is 5.97 Å². The maximum Gasteiger partial charge on any atom is 0.330 e. The van der Waals surface area contributed by atoms with Gasteiger partial charge in [0.1, 0.15) is 6.17 Å². The van der Waals surface area contributed by atoms with Crippen molar-refractivity contribution in [3.05, 3.63) is 11.6 Å². The summed E-state index contributed by atoms with van der Waals surface area (Å²) in [6, 6.07) is 0. The van der Waals surface area contributed by atoms with Crippen LogP contribution in [0.5, 0.6) is 0 Å². The van der Waals surface area contributed by atoms with Crippen LogP contribution in [0, 0.1) is 0 Å². The van der Waals surface area contributed by atoms with E-state index in [0.29, 0.717) is 6.08 Å². The molecule has 0 aromatic carbocycles. The zero-order valence-corrected chi connectivity index (χ0v) is 13.1. The Hall–Kier alpha value is -1.49. The lowest BCUT2D eigenvalue weighted by molar-refractivity contribution is -0.132. The van der Waals surface area contributed by atoms with Crippen molar-refractivity contribution in [2.75, 3.05) is 0 Å². The van der Waals surface area contributed by atoms with Crippen LogP contribution in [0.25, 0.3) is 0 Å². The molecule has 0 saturated heterocycles. The van der Waals surface area contributed by atoms with Gasteiger partial charge in [0.2, 0.25) is 0 Å². The van der Waals surface area contributed by atoms with Crippen LogP contribution >= 0.6 is 0 Å². The van der Waals surface area contributed by atoms with E-state index in [2.05, 4.69) is 0 Å². The second kappa shape index (κ2) is 10.6. The van der Waals surface area contributed by atoms with E-state index in [1.54, 1.807) is 0 Å². The van der Waals surface area contributed by atoms with E-state index in [4.69, 9.17) is 5.11 Å². The Morgan fingerprint density at radius 2 is 1.08 bits per heavy atom. The highest BCUT2D eigenvalue weighted by molar-refractivity contribution is 5.85. The smallest absolute Gasteiger partial charge is 0.330 e. The molecular formula is C14H16F10O2. The van der Waals surface area contributed by atoms with E-state index in [1.165, 1.54) is 0 Å². The van der Waals surface area contributed by atoms with Gasteiger partial charge in [-0.15, -0.1) is 0 Å². The maximum absolute atomic E-state index is 13.5. The van der Waals surface area contributed by atoms with Crippen LogP contribution in [0.15, 0.2) is 11.6 Å².